The van der Waals surface area contributed by atoms with Gasteiger partial charge in [0.15, 0.2) is 0 Å². The summed E-state index contributed by atoms with van der Waals surface area (Å²) in [6, 6.07) is 10.6. The lowest BCUT2D eigenvalue weighted by atomic mass is 9.93. The van der Waals surface area contributed by atoms with Crippen molar-refractivity contribution in [1.29, 1.82) is 0 Å². The Balaban J connectivity index is 2.50. The molecule has 0 spiro atoms. The van der Waals surface area contributed by atoms with Gasteiger partial charge in [-0.3, -0.25) is 0 Å². The average Bonchev–Trinajstić information content (AvgIpc) is 2.46. The van der Waals surface area contributed by atoms with E-state index in [0.717, 1.165) is 21.9 Å². The molecule has 1 atom stereocenters. The van der Waals surface area contributed by atoms with E-state index in [2.05, 4.69) is 43.4 Å². The molecule has 0 bridgehead atoms. The second-order valence-corrected chi connectivity index (χ2v) is 5.82. The van der Waals surface area contributed by atoms with Gasteiger partial charge in [-0.25, -0.2) is 0 Å². The summed E-state index contributed by atoms with van der Waals surface area (Å²) in [5.41, 5.74) is 5.85. The van der Waals surface area contributed by atoms with Crippen molar-refractivity contribution in [3.63, 3.8) is 0 Å². The van der Waals surface area contributed by atoms with Crippen LogP contribution in [0.15, 0.2) is 30.3 Å². The maximum Gasteiger partial charge on any atom is 0.122 e. The molecule has 1 N–H and O–H groups in total. The summed E-state index contributed by atoms with van der Waals surface area (Å²) in [4.78, 5) is 0. The highest BCUT2D eigenvalue weighted by molar-refractivity contribution is 6.31. The molecule has 112 valence electrons. The van der Waals surface area contributed by atoms with Crippen LogP contribution in [-0.4, -0.2) is 14.2 Å². The molecular weight excluding hydrogens is 282 g/mol. The quantitative estimate of drug-likeness (QED) is 0.892. The molecule has 0 amide bonds. The van der Waals surface area contributed by atoms with Gasteiger partial charge >= 0.3 is 0 Å². The summed E-state index contributed by atoms with van der Waals surface area (Å²) in [6.45, 7) is 6.19. The Morgan fingerprint density at radius 2 is 1.71 bits per heavy atom. The van der Waals surface area contributed by atoms with E-state index in [-0.39, 0.29) is 6.04 Å². The van der Waals surface area contributed by atoms with Gasteiger partial charge in [-0.2, -0.15) is 0 Å². The molecule has 2 aromatic carbocycles. The van der Waals surface area contributed by atoms with Crippen molar-refractivity contribution in [1.82, 2.24) is 5.32 Å². The molecule has 0 radical (unpaired) electrons. The number of halogens is 1. The predicted molar refractivity (Wildman–Crippen MR) is 89.6 cm³/mol. The van der Waals surface area contributed by atoms with Crippen LogP contribution in [0, 0.1) is 20.8 Å². The SMILES string of the molecule is CNC(c1ccc(C)c(Cl)c1)c1cc(C)c(OC)cc1C. The molecule has 0 aliphatic rings. The summed E-state index contributed by atoms with van der Waals surface area (Å²) >= 11 is 6.27. The van der Waals surface area contributed by atoms with E-state index in [0.29, 0.717) is 0 Å². The van der Waals surface area contributed by atoms with Gasteiger partial charge in [0.25, 0.3) is 0 Å². The molecule has 0 heterocycles. The van der Waals surface area contributed by atoms with E-state index in [1.165, 1.54) is 16.7 Å². The van der Waals surface area contributed by atoms with E-state index in [4.69, 9.17) is 16.3 Å². The molecule has 3 heteroatoms. The Morgan fingerprint density at radius 3 is 2.29 bits per heavy atom. The van der Waals surface area contributed by atoms with Crippen molar-refractivity contribution in [3.05, 3.63) is 63.2 Å². The number of benzene rings is 2. The Labute approximate surface area is 132 Å². The normalized spacial score (nSPS) is 12.3. The van der Waals surface area contributed by atoms with Crippen molar-refractivity contribution in [2.75, 3.05) is 14.2 Å². The third-order valence-corrected chi connectivity index (χ3v) is 4.32. The van der Waals surface area contributed by atoms with E-state index >= 15 is 0 Å². The van der Waals surface area contributed by atoms with Crippen LogP contribution < -0.4 is 10.1 Å². The summed E-state index contributed by atoms with van der Waals surface area (Å²) in [5, 5.41) is 4.19. The lowest BCUT2D eigenvalue weighted by molar-refractivity contribution is 0.411. The average molecular weight is 304 g/mol. The molecule has 2 nitrogen and oxygen atoms in total. The van der Waals surface area contributed by atoms with Gasteiger partial charge in [0.2, 0.25) is 0 Å². The van der Waals surface area contributed by atoms with Gasteiger partial charge in [-0.05, 0) is 67.8 Å². The molecule has 0 aliphatic carbocycles. The molecule has 2 aromatic rings. The van der Waals surface area contributed by atoms with Gasteiger partial charge in [-0.15, -0.1) is 0 Å². The fourth-order valence-corrected chi connectivity index (χ4v) is 2.82. The number of rotatable bonds is 4. The second kappa shape index (κ2) is 6.50. The Morgan fingerprint density at radius 1 is 1.00 bits per heavy atom. The fraction of sp³-hybridized carbons (Fsp3) is 0.333. The van der Waals surface area contributed by atoms with Crippen LogP contribution >= 0.6 is 11.6 Å². The zero-order valence-electron chi connectivity index (χ0n) is 13.3. The Hall–Kier alpha value is -1.51. The van der Waals surface area contributed by atoms with E-state index < -0.39 is 0 Å². The van der Waals surface area contributed by atoms with Gasteiger partial charge in [0.1, 0.15) is 5.75 Å². The maximum absolute atomic E-state index is 6.27. The number of aryl methyl sites for hydroxylation is 3. The zero-order chi connectivity index (χ0) is 15.6. The minimum absolute atomic E-state index is 0.118. The summed E-state index contributed by atoms with van der Waals surface area (Å²) in [7, 11) is 3.67. The summed E-state index contributed by atoms with van der Waals surface area (Å²) in [5.74, 6) is 0.924. The van der Waals surface area contributed by atoms with Gasteiger partial charge in [-0.1, -0.05) is 29.8 Å². The molecule has 0 saturated heterocycles. The monoisotopic (exact) mass is 303 g/mol. The summed E-state index contributed by atoms with van der Waals surface area (Å²) in [6.07, 6.45) is 0. The first kappa shape index (κ1) is 15.9. The summed E-state index contributed by atoms with van der Waals surface area (Å²) < 4.78 is 5.39. The van der Waals surface area contributed by atoms with Crippen molar-refractivity contribution in [2.45, 2.75) is 26.8 Å². The first-order chi connectivity index (χ1) is 9.97. The fourth-order valence-electron chi connectivity index (χ4n) is 2.63. The third-order valence-electron chi connectivity index (χ3n) is 3.91. The zero-order valence-corrected chi connectivity index (χ0v) is 14.0. The highest BCUT2D eigenvalue weighted by Crippen LogP contribution is 2.31. The van der Waals surface area contributed by atoms with Crippen molar-refractivity contribution in [3.8, 4) is 5.75 Å². The Kier molecular flexibility index (Phi) is 4.92. The maximum atomic E-state index is 6.27. The largest absolute Gasteiger partial charge is 0.496 e. The van der Waals surface area contributed by atoms with Crippen molar-refractivity contribution in [2.24, 2.45) is 0 Å². The molecule has 2 rings (SSSR count). The highest BCUT2D eigenvalue weighted by atomic mass is 35.5. The van der Waals surface area contributed by atoms with Crippen molar-refractivity contribution < 1.29 is 4.74 Å². The first-order valence-electron chi connectivity index (χ1n) is 7.06. The van der Waals surface area contributed by atoms with Gasteiger partial charge in [0.05, 0.1) is 13.2 Å². The van der Waals surface area contributed by atoms with Crippen LogP contribution in [0.5, 0.6) is 5.75 Å². The van der Waals surface area contributed by atoms with Gasteiger partial charge < -0.3 is 10.1 Å². The minimum Gasteiger partial charge on any atom is -0.496 e. The van der Waals surface area contributed by atoms with Gasteiger partial charge in [0, 0.05) is 5.02 Å². The molecule has 21 heavy (non-hydrogen) atoms. The molecular formula is C18H22ClNO. The second-order valence-electron chi connectivity index (χ2n) is 5.41. The molecule has 0 saturated carbocycles. The number of hydrogen-bond acceptors (Lipinski definition) is 2. The van der Waals surface area contributed by atoms with Crippen LogP contribution in [0.1, 0.15) is 33.9 Å². The number of hydrogen-bond donors (Lipinski definition) is 1. The lowest BCUT2D eigenvalue weighted by Crippen LogP contribution is -2.19. The van der Waals surface area contributed by atoms with Crippen LogP contribution in [0.3, 0.4) is 0 Å². The predicted octanol–water partition coefficient (Wildman–Crippen LogP) is 4.58. The lowest BCUT2D eigenvalue weighted by Gasteiger charge is -2.21. The van der Waals surface area contributed by atoms with Crippen LogP contribution in [0.2, 0.25) is 5.02 Å². The van der Waals surface area contributed by atoms with E-state index in [9.17, 15) is 0 Å². The number of methoxy groups -OCH3 is 1. The van der Waals surface area contributed by atoms with Crippen molar-refractivity contribution >= 4 is 11.6 Å². The molecule has 0 aliphatic heterocycles. The smallest absolute Gasteiger partial charge is 0.122 e. The molecule has 0 aromatic heterocycles. The van der Waals surface area contributed by atoms with Crippen LogP contribution in [0.25, 0.3) is 0 Å². The van der Waals surface area contributed by atoms with E-state index in [1.807, 2.05) is 20.0 Å². The Bertz CT molecular complexity index is 652. The minimum atomic E-state index is 0.118. The van der Waals surface area contributed by atoms with Crippen LogP contribution in [-0.2, 0) is 0 Å². The standard InChI is InChI=1S/C18H22ClNO/c1-11-6-7-14(10-16(11)19)18(20-4)15-8-13(3)17(21-5)9-12(15)2/h6-10,18,20H,1-5H3. The number of nitrogens with one attached hydrogen (secondary N) is 1. The highest BCUT2D eigenvalue weighted by Gasteiger charge is 2.17. The molecule has 1 unspecified atom stereocenters. The van der Waals surface area contributed by atoms with Crippen LogP contribution in [0.4, 0.5) is 0 Å². The van der Waals surface area contributed by atoms with E-state index in [1.54, 1.807) is 7.11 Å². The molecule has 0 fully saturated rings. The first-order valence-corrected chi connectivity index (χ1v) is 7.44. The topological polar surface area (TPSA) is 21.3 Å². The number of ether oxygens (including phenoxy) is 1. The third kappa shape index (κ3) is 3.22.